The second-order valence-corrected chi connectivity index (χ2v) is 6.09. The molecule has 1 atom stereocenters. The minimum absolute atomic E-state index is 0.0613. The molecule has 0 radical (unpaired) electrons. The predicted octanol–water partition coefficient (Wildman–Crippen LogP) is 2.54. The maximum absolute atomic E-state index is 12.5. The van der Waals surface area contributed by atoms with Gasteiger partial charge in [0, 0.05) is 22.9 Å². The minimum atomic E-state index is -0.782. The van der Waals surface area contributed by atoms with E-state index in [4.69, 9.17) is 0 Å². The van der Waals surface area contributed by atoms with E-state index in [0.29, 0.717) is 13.0 Å². The Kier molecular flexibility index (Phi) is 4.29. The third-order valence-corrected chi connectivity index (χ3v) is 4.16. The molecule has 118 valence electrons. The summed E-state index contributed by atoms with van der Waals surface area (Å²) < 4.78 is 0.870. The first kappa shape index (κ1) is 15.5. The molecule has 1 fully saturated rings. The molecular weight excluding hydrogens is 362 g/mol. The SMILES string of the molecule is O=C(Nc1ncccc1O)[C@@H]1CCN(c2cccc(Br)c2)C1=O. The molecule has 2 aromatic rings. The van der Waals surface area contributed by atoms with Crippen LogP contribution in [0, 0.1) is 5.92 Å². The van der Waals surface area contributed by atoms with Crippen molar-refractivity contribution in [2.75, 3.05) is 16.8 Å². The average molecular weight is 376 g/mol. The van der Waals surface area contributed by atoms with Crippen LogP contribution < -0.4 is 10.2 Å². The normalized spacial score (nSPS) is 17.3. The van der Waals surface area contributed by atoms with Gasteiger partial charge in [-0.05, 0) is 36.8 Å². The molecule has 1 aromatic heterocycles. The molecule has 2 heterocycles. The number of pyridine rings is 1. The number of halogens is 1. The Hall–Kier alpha value is -2.41. The lowest BCUT2D eigenvalue weighted by Crippen LogP contribution is -2.33. The first-order valence-electron chi connectivity index (χ1n) is 7.08. The number of anilines is 2. The number of rotatable bonds is 3. The van der Waals surface area contributed by atoms with E-state index in [1.807, 2.05) is 24.3 Å². The van der Waals surface area contributed by atoms with Gasteiger partial charge in [0.2, 0.25) is 11.8 Å². The minimum Gasteiger partial charge on any atom is -0.504 e. The lowest BCUT2D eigenvalue weighted by Gasteiger charge is -2.17. The van der Waals surface area contributed by atoms with Crippen LogP contribution in [0.1, 0.15) is 6.42 Å². The molecule has 0 unspecified atom stereocenters. The molecule has 1 aliphatic heterocycles. The van der Waals surface area contributed by atoms with Gasteiger partial charge in [-0.3, -0.25) is 9.59 Å². The van der Waals surface area contributed by atoms with Crippen molar-refractivity contribution in [3.8, 4) is 5.75 Å². The number of carbonyl (C=O) groups excluding carboxylic acids is 2. The molecular formula is C16H14BrN3O3. The van der Waals surface area contributed by atoms with Crippen molar-refractivity contribution in [3.63, 3.8) is 0 Å². The highest BCUT2D eigenvalue weighted by Crippen LogP contribution is 2.28. The summed E-state index contributed by atoms with van der Waals surface area (Å²) in [5.74, 6) is -1.56. The molecule has 3 rings (SSSR count). The second-order valence-electron chi connectivity index (χ2n) is 5.17. The van der Waals surface area contributed by atoms with Gasteiger partial charge in [-0.15, -0.1) is 0 Å². The van der Waals surface area contributed by atoms with Crippen molar-refractivity contribution in [2.45, 2.75) is 6.42 Å². The zero-order chi connectivity index (χ0) is 16.4. The van der Waals surface area contributed by atoms with Crippen LogP contribution in [0.3, 0.4) is 0 Å². The number of aromatic hydroxyl groups is 1. The zero-order valence-corrected chi connectivity index (χ0v) is 13.7. The van der Waals surface area contributed by atoms with Crippen LogP contribution in [0.5, 0.6) is 5.75 Å². The summed E-state index contributed by atoms with van der Waals surface area (Å²) in [4.78, 5) is 30.3. The molecule has 1 saturated heterocycles. The average Bonchev–Trinajstić information content (AvgIpc) is 2.91. The number of hydrogen-bond acceptors (Lipinski definition) is 4. The molecule has 1 aromatic carbocycles. The van der Waals surface area contributed by atoms with Crippen molar-refractivity contribution >= 4 is 39.2 Å². The summed E-state index contributed by atoms with van der Waals surface area (Å²) in [6, 6.07) is 10.4. The largest absolute Gasteiger partial charge is 0.504 e. The van der Waals surface area contributed by atoms with Crippen LogP contribution in [0.15, 0.2) is 47.1 Å². The predicted molar refractivity (Wildman–Crippen MR) is 89.1 cm³/mol. The Labute approximate surface area is 141 Å². The second kappa shape index (κ2) is 6.37. The van der Waals surface area contributed by atoms with Crippen molar-refractivity contribution in [1.29, 1.82) is 0 Å². The van der Waals surface area contributed by atoms with E-state index in [1.165, 1.54) is 12.3 Å². The Morgan fingerprint density at radius 2 is 2.17 bits per heavy atom. The van der Waals surface area contributed by atoms with Crippen LogP contribution >= 0.6 is 15.9 Å². The number of nitrogens with one attached hydrogen (secondary N) is 1. The van der Waals surface area contributed by atoms with E-state index in [9.17, 15) is 14.7 Å². The van der Waals surface area contributed by atoms with E-state index in [1.54, 1.807) is 11.0 Å². The molecule has 6 nitrogen and oxygen atoms in total. The van der Waals surface area contributed by atoms with Crippen LogP contribution in [-0.2, 0) is 9.59 Å². The van der Waals surface area contributed by atoms with Gasteiger partial charge in [0.15, 0.2) is 11.6 Å². The number of nitrogens with zero attached hydrogens (tertiary/aromatic N) is 2. The first-order valence-corrected chi connectivity index (χ1v) is 7.87. The molecule has 0 saturated carbocycles. The molecule has 23 heavy (non-hydrogen) atoms. The Morgan fingerprint density at radius 3 is 2.91 bits per heavy atom. The summed E-state index contributed by atoms with van der Waals surface area (Å²) in [6.45, 7) is 0.474. The third-order valence-electron chi connectivity index (χ3n) is 3.67. The maximum atomic E-state index is 12.5. The van der Waals surface area contributed by atoms with Gasteiger partial charge in [0.05, 0.1) is 0 Å². The highest BCUT2D eigenvalue weighted by atomic mass is 79.9. The number of aromatic nitrogens is 1. The summed E-state index contributed by atoms with van der Waals surface area (Å²) in [6.07, 6.45) is 1.88. The van der Waals surface area contributed by atoms with Gasteiger partial charge in [-0.1, -0.05) is 22.0 Å². The smallest absolute Gasteiger partial charge is 0.239 e. The van der Waals surface area contributed by atoms with E-state index in [-0.39, 0.29) is 17.5 Å². The summed E-state index contributed by atoms with van der Waals surface area (Å²) in [7, 11) is 0. The maximum Gasteiger partial charge on any atom is 0.239 e. The first-order chi connectivity index (χ1) is 11.1. The van der Waals surface area contributed by atoms with Gasteiger partial charge in [-0.25, -0.2) is 4.98 Å². The van der Waals surface area contributed by atoms with Crippen LogP contribution in [0.2, 0.25) is 0 Å². The number of amides is 2. The van der Waals surface area contributed by atoms with Crippen LogP contribution in [-0.4, -0.2) is 28.4 Å². The van der Waals surface area contributed by atoms with Crippen LogP contribution in [0.25, 0.3) is 0 Å². The Morgan fingerprint density at radius 1 is 1.35 bits per heavy atom. The van der Waals surface area contributed by atoms with Gasteiger partial charge in [0.25, 0.3) is 0 Å². The van der Waals surface area contributed by atoms with E-state index in [2.05, 4.69) is 26.2 Å². The topological polar surface area (TPSA) is 82.5 Å². The monoisotopic (exact) mass is 375 g/mol. The summed E-state index contributed by atoms with van der Waals surface area (Å²) >= 11 is 3.37. The number of benzene rings is 1. The Balaban J connectivity index is 1.74. The molecule has 0 spiro atoms. The van der Waals surface area contributed by atoms with Gasteiger partial charge < -0.3 is 15.3 Å². The highest BCUT2D eigenvalue weighted by Gasteiger charge is 2.38. The van der Waals surface area contributed by atoms with E-state index in [0.717, 1.165) is 10.2 Å². The fourth-order valence-electron chi connectivity index (χ4n) is 2.52. The van der Waals surface area contributed by atoms with Crippen molar-refractivity contribution in [2.24, 2.45) is 5.92 Å². The van der Waals surface area contributed by atoms with E-state index < -0.39 is 11.8 Å². The fraction of sp³-hybridized carbons (Fsp3) is 0.188. The lowest BCUT2D eigenvalue weighted by molar-refractivity contribution is -0.129. The quantitative estimate of drug-likeness (QED) is 0.807. The summed E-state index contributed by atoms with van der Waals surface area (Å²) in [5, 5.41) is 12.2. The number of carbonyl (C=O) groups is 2. The van der Waals surface area contributed by atoms with Gasteiger partial charge in [-0.2, -0.15) is 0 Å². The molecule has 0 aliphatic carbocycles. The molecule has 7 heteroatoms. The Bertz CT molecular complexity index is 766. The standard InChI is InChI=1S/C16H14BrN3O3/c17-10-3-1-4-11(9-10)20-8-6-12(16(20)23)15(22)19-14-13(21)5-2-7-18-14/h1-5,7,9,12,21H,6,8H2,(H,18,19,22)/t12-/m0/s1. The molecule has 0 bridgehead atoms. The fourth-order valence-corrected chi connectivity index (χ4v) is 2.91. The van der Waals surface area contributed by atoms with Crippen molar-refractivity contribution in [1.82, 2.24) is 4.98 Å². The highest BCUT2D eigenvalue weighted by molar-refractivity contribution is 9.10. The molecule has 2 N–H and O–H groups in total. The third kappa shape index (κ3) is 3.19. The summed E-state index contributed by atoms with van der Waals surface area (Å²) in [5.41, 5.74) is 0.750. The van der Waals surface area contributed by atoms with Gasteiger partial charge in [0.1, 0.15) is 5.92 Å². The van der Waals surface area contributed by atoms with E-state index >= 15 is 0 Å². The van der Waals surface area contributed by atoms with Crippen molar-refractivity contribution < 1.29 is 14.7 Å². The molecule has 1 aliphatic rings. The lowest BCUT2D eigenvalue weighted by atomic mass is 10.1. The van der Waals surface area contributed by atoms with Gasteiger partial charge >= 0.3 is 0 Å². The zero-order valence-electron chi connectivity index (χ0n) is 12.1. The number of hydrogen-bond donors (Lipinski definition) is 2. The molecule has 2 amide bonds. The van der Waals surface area contributed by atoms with Crippen LogP contribution in [0.4, 0.5) is 11.5 Å². The van der Waals surface area contributed by atoms with Crippen molar-refractivity contribution in [3.05, 3.63) is 47.1 Å².